The standard InChI is InChI=1S/C7H15P.Au.ClH/c1-8(2)7-5-3-4-6-7;;/h7H,3-6H2,1-2H3;;1H/q;+1;/p-1. The van der Waals surface area contributed by atoms with Crippen molar-refractivity contribution >= 4 is 7.92 Å². The van der Waals surface area contributed by atoms with Gasteiger partial charge in [0.15, 0.2) is 0 Å². The van der Waals surface area contributed by atoms with E-state index in [0.29, 0.717) is 7.92 Å². The first kappa shape index (κ1) is 14.0. The second kappa shape index (κ2) is 7.13. The van der Waals surface area contributed by atoms with Gasteiger partial charge in [-0.2, -0.15) is 0 Å². The van der Waals surface area contributed by atoms with Gasteiger partial charge in [0.05, 0.1) is 0 Å². The number of rotatable bonds is 1. The molecule has 3 heteroatoms. The minimum absolute atomic E-state index is 0. The summed E-state index contributed by atoms with van der Waals surface area (Å²) in [4.78, 5) is 0. The molecule has 0 N–H and O–H groups in total. The third kappa shape index (κ3) is 4.36. The van der Waals surface area contributed by atoms with Gasteiger partial charge in [0.1, 0.15) is 0 Å². The molecular formula is C7H15AuClP. The molecule has 66 valence electrons. The van der Waals surface area contributed by atoms with E-state index in [-0.39, 0.29) is 34.8 Å². The summed E-state index contributed by atoms with van der Waals surface area (Å²) in [7, 11) is 0.398. The molecule has 1 saturated carbocycles. The van der Waals surface area contributed by atoms with E-state index in [1.54, 1.807) is 0 Å². The maximum Gasteiger partial charge on any atom is 1.00 e. The molecule has 0 aromatic rings. The Morgan fingerprint density at radius 2 is 1.50 bits per heavy atom. The van der Waals surface area contributed by atoms with Crippen molar-refractivity contribution < 1.29 is 34.8 Å². The van der Waals surface area contributed by atoms with Crippen molar-refractivity contribution in [3.8, 4) is 0 Å². The van der Waals surface area contributed by atoms with Crippen LogP contribution in [0.15, 0.2) is 0 Å². The van der Waals surface area contributed by atoms with Crippen molar-refractivity contribution in [1.29, 1.82) is 0 Å². The molecule has 0 bridgehead atoms. The topological polar surface area (TPSA) is 0 Å². The summed E-state index contributed by atoms with van der Waals surface area (Å²) in [5.41, 5.74) is 1.13. The molecule has 0 radical (unpaired) electrons. The van der Waals surface area contributed by atoms with Gasteiger partial charge < -0.3 is 12.4 Å². The van der Waals surface area contributed by atoms with Crippen LogP contribution in [0.5, 0.6) is 0 Å². The smallest absolute Gasteiger partial charge is 1.00 e. The van der Waals surface area contributed by atoms with Crippen molar-refractivity contribution in [3.05, 3.63) is 0 Å². The maximum atomic E-state index is 2.41. The summed E-state index contributed by atoms with van der Waals surface area (Å²) in [5, 5.41) is 0. The molecule has 0 heterocycles. The zero-order chi connectivity index (χ0) is 5.98. The maximum absolute atomic E-state index is 2.41. The van der Waals surface area contributed by atoms with E-state index < -0.39 is 0 Å². The largest absolute Gasteiger partial charge is 1.00 e. The first-order valence-electron chi connectivity index (χ1n) is 3.47. The van der Waals surface area contributed by atoms with Crippen molar-refractivity contribution in [1.82, 2.24) is 0 Å². The summed E-state index contributed by atoms with van der Waals surface area (Å²) < 4.78 is 0. The van der Waals surface area contributed by atoms with Crippen molar-refractivity contribution in [2.75, 3.05) is 13.3 Å². The number of hydrogen-bond acceptors (Lipinski definition) is 0. The van der Waals surface area contributed by atoms with E-state index in [1.165, 1.54) is 25.7 Å². The molecule has 0 spiro atoms. The van der Waals surface area contributed by atoms with Gasteiger partial charge in [-0.1, -0.05) is 12.8 Å². The molecule has 0 aliphatic heterocycles. The monoisotopic (exact) mass is 362 g/mol. The van der Waals surface area contributed by atoms with Gasteiger partial charge in [-0.3, -0.25) is 0 Å². The molecule has 1 aliphatic carbocycles. The van der Waals surface area contributed by atoms with Crippen LogP contribution in [0, 0.1) is 0 Å². The summed E-state index contributed by atoms with van der Waals surface area (Å²) in [5.74, 6) is 0. The third-order valence-electron chi connectivity index (χ3n) is 2.05. The van der Waals surface area contributed by atoms with E-state index in [4.69, 9.17) is 0 Å². The number of hydrogen-bond donors (Lipinski definition) is 0. The van der Waals surface area contributed by atoms with Crippen molar-refractivity contribution in [2.45, 2.75) is 31.3 Å². The van der Waals surface area contributed by atoms with Gasteiger partial charge in [-0.15, -0.1) is 7.92 Å². The molecule has 0 saturated heterocycles. The quantitative estimate of drug-likeness (QED) is 0.443. The Hall–Kier alpha value is 1.46. The zero-order valence-electron chi connectivity index (χ0n) is 6.53. The van der Waals surface area contributed by atoms with Gasteiger partial charge in [-0.25, -0.2) is 0 Å². The van der Waals surface area contributed by atoms with Crippen LogP contribution >= 0.6 is 7.92 Å². The Bertz CT molecular complexity index is 72.0. The molecule has 0 aromatic heterocycles. The Balaban J connectivity index is 0. The average Bonchev–Trinajstić information content (AvgIpc) is 2.12. The molecule has 0 unspecified atom stereocenters. The first-order chi connectivity index (χ1) is 3.80. The molecule has 1 fully saturated rings. The molecule has 10 heavy (non-hydrogen) atoms. The predicted molar refractivity (Wildman–Crippen MR) is 41.0 cm³/mol. The van der Waals surface area contributed by atoms with Crippen LogP contribution in [0.25, 0.3) is 0 Å². The van der Waals surface area contributed by atoms with E-state index in [1.807, 2.05) is 0 Å². The fraction of sp³-hybridized carbons (Fsp3) is 1.00. The van der Waals surface area contributed by atoms with Crippen LogP contribution in [0.3, 0.4) is 0 Å². The summed E-state index contributed by atoms with van der Waals surface area (Å²) in [6, 6.07) is 0. The van der Waals surface area contributed by atoms with Gasteiger partial charge in [-0.05, 0) is 31.8 Å². The SMILES string of the molecule is CP(C)C1CCCC1.[Au+].[Cl-]. The van der Waals surface area contributed by atoms with Gasteiger partial charge in [0.2, 0.25) is 0 Å². The minimum Gasteiger partial charge on any atom is -1.00 e. The van der Waals surface area contributed by atoms with E-state index in [9.17, 15) is 0 Å². The van der Waals surface area contributed by atoms with Gasteiger partial charge in [0.25, 0.3) is 0 Å². The van der Waals surface area contributed by atoms with Crippen molar-refractivity contribution in [3.63, 3.8) is 0 Å². The Morgan fingerprint density at radius 1 is 1.10 bits per heavy atom. The van der Waals surface area contributed by atoms with E-state index in [0.717, 1.165) is 5.66 Å². The average molecular weight is 363 g/mol. The number of halogens is 1. The fourth-order valence-electron chi connectivity index (χ4n) is 1.42. The Morgan fingerprint density at radius 3 is 1.70 bits per heavy atom. The van der Waals surface area contributed by atoms with Crippen LogP contribution in [0.1, 0.15) is 25.7 Å². The Labute approximate surface area is 87.2 Å². The fourth-order valence-corrected chi connectivity index (χ4v) is 2.82. The summed E-state index contributed by atoms with van der Waals surface area (Å²) in [6.07, 6.45) is 6.06. The Kier molecular flexibility index (Phi) is 9.99. The summed E-state index contributed by atoms with van der Waals surface area (Å²) >= 11 is 0. The molecule has 0 amide bonds. The van der Waals surface area contributed by atoms with Gasteiger partial charge in [0, 0.05) is 0 Å². The molecule has 0 nitrogen and oxygen atoms in total. The second-order valence-corrected chi connectivity index (χ2v) is 5.56. The normalized spacial score (nSPS) is 18.3. The van der Waals surface area contributed by atoms with Gasteiger partial charge >= 0.3 is 22.4 Å². The van der Waals surface area contributed by atoms with Crippen LogP contribution in [-0.4, -0.2) is 19.0 Å². The first-order valence-corrected chi connectivity index (χ1v) is 5.77. The second-order valence-electron chi connectivity index (χ2n) is 2.90. The molecule has 0 aromatic carbocycles. The third-order valence-corrected chi connectivity index (χ3v) is 4.03. The minimum atomic E-state index is 0. The van der Waals surface area contributed by atoms with E-state index >= 15 is 0 Å². The summed E-state index contributed by atoms with van der Waals surface area (Å²) in [6.45, 7) is 4.82. The van der Waals surface area contributed by atoms with Crippen LogP contribution in [0.2, 0.25) is 0 Å². The predicted octanol–water partition coefficient (Wildman–Crippen LogP) is -0.328. The van der Waals surface area contributed by atoms with Crippen LogP contribution in [0.4, 0.5) is 0 Å². The van der Waals surface area contributed by atoms with Crippen LogP contribution in [-0.2, 0) is 22.4 Å². The molecule has 1 rings (SSSR count). The van der Waals surface area contributed by atoms with E-state index in [2.05, 4.69) is 13.3 Å². The molecule has 1 aliphatic rings. The van der Waals surface area contributed by atoms with Crippen molar-refractivity contribution in [2.24, 2.45) is 0 Å². The molecule has 0 atom stereocenters. The van der Waals surface area contributed by atoms with Crippen LogP contribution < -0.4 is 12.4 Å². The zero-order valence-corrected chi connectivity index (χ0v) is 10.3. The molecular weight excluding hydrogens is 347 g/mol.